The second-order valence-electron chi connectivity index (χ2n) is 8.21. The molecule has 0 bridgehead atoms. The molecule has 31 heavy (non-hydrogen) atoms. The van der Waals surface area contributed by atoms with Gasteiger partial charge in [-0.25, -0.2) is 17.6 Å². The minimum Gasteiger partial charge on any atom is -0.493 e. The molecular formula is C22H31FN2O5S. The van der Waals surface area contributed by atoms with Crippen molar-refractivity contribution < 1.29 is 29.9 Å². The van der Waals surface area contributed by atoms with Gasteiger partial charge in [-0.15, -0.1) is 0 Å². The first-order chi connectivity index (χ1) is 15.5. The van der Waals surface area contributed by atoms with Crippen molar-refractivity contribution in [1.82, 2.24) is 10.2 Å². The van der Waals surface area contributed by atoms with Crippen molar-refractivity contribution in [2.45, 2.75) is 51.4 Å². The van der Waals surface area contributed by atoms with E-state index in [9.17, 15) is 22.4 Å². The lowest BCUT2D eigenvalue weighted by Crippen LogP contribution is -2.29. The maximum Gasteiger partial charge on any atom is 0.324 e. The summed E-state index contributed by atoms with van der Waals surface area (Å²) >= 11 is 0. The number of hydrogen-bond acceptors (Lipinski definition) is 5. The summed E-state index contributed by atoms with van der Waals surface area (Å²) in [6, 6.07) is 3.57. The number of imide groups is 1. The second-order valence-corrected chi connectivity index (χ2v) is 10.4. The van der Waals surface area contributed by atoms with E-state index in [2.05, 4.69) is 5.32 Å². The fraction of sp³-hybridized carbons (Fsp3) is 0.636. The average molecular weight is 457 g/mol. The number of halogens is 1. The molecule has 1 aromatic carbocycles. The van der Waals surface area contributed by atoms with E-state index in [1.54, 1.807) is 13.0 Å². The van der Waals surface area contributed by atoms with Gasteiger partial charge in [0.15, 0.2) is 9.84 Å². The summed E-state index contributed by atoms with van der Waals surface area (Å²) in [7, 11) is -3.40. The molecule has 1 aromatic rings. The van der Waals surface area contributed by atoms with Gasteiger partial charge in [0.1, 0.15) is 18.1 Å². The Bertz CT molecular complexity index is 985. The second kappa shape index (κ2) is 10.4. The highest BCUT2D eigenvalue weighted by Gasteiger charge is 2.36. The van der Waals surface area contributed by atoms with Crippen molar-refractivity contribution in [3.8, 4) is 5.75 Å². The third-order valence-corrected chi connectivity index (χ3v) is 7.31. The molecule has 1 atom stereocenters. The Morgan fingerprint density at radius 3 is 2.68 bits per heavy atom. The van der Waals surface area contributed by atoms with Gasteiger partial charge in [0.05, 0.1) is 20.8 Å². The Morgan fingerprint density at radius 1 is 1.26 bits per heavy atom. The summed E-state index contributed by atoms with van der Waals surface area (Å²) in [6.45, 7) is 0.132. The normalized spacial score (nSPS) is 19.1. The van der Waals surface area contributed by atoms with E-state index in [0.717, 1.165) is 18.9 Å². The minimum absolute atomic E-state index is 0.00158. The maximum atomic E-state index is 14.2. The fourth-order valence-electron chi connectivity index (χ4n) is 3.84. The van der Waals surface area contributed by atoms with Gasteiger partial charge in [-0.2, -0.15) is 0 Å². The van der Waals surface area contributed by atoms with Crippen LogP contribution in [-0.2, 0) is 14.6 Å². The molecule has 2 fully saturated rings. The lowest BCUT2D eigenvalue weighted by atomic mass is 9.96. The molecule has 1 saturated carbocycles. The number of hydrogen-bond donors (Lipinski definition) is 1. The molecule has 2 aliphatic rings. The molecule has 0 unspecified atom stereocenters. The number of rotatable bonds is 13. The Kier molecular flexibility index (Phi) is 6.98. The van der Waals surface area contributed by atoms with Gasteiger partial charge >= 0.3 is 6.03 Å². The number of sulfone groups is 1. The number of unbranched alkanes of at least 4 members (excludes halogenated alkanes) is 2. The first kappa shape index (κ1) is 20.7. The molecule has 172 valence electrons. The summed E-state index contributed by atoms with van der Waals surface area (Å²) in [5.74, 6) is -1.15. The minimum atomic E-state index is -3.40. The van der Waals surface area contributed by atoms with Gasteiger partial charge < -0.3 is 9.64 Å². The molecule has 1 saturated heterocycles. The van der Waals surface area contributed by atoms with Crippen LogP contribution in [0.2, 0.25) is 0 Å². The zero-order chi connectivity index (χ0) is 24.2. The van der Waals surface area contributed by atoms with Gasteiger partial charge in [-0.05, 0) is 55.7 Å². The van der Waals surface area contributed by atoms with Crippen molar-refractivity contribution in [2.24, 2.45) is 5.92 Å². The lowest BCUT2D eigenvalue weighted by molar-refractivity contribution is -0.118. The molecule has 1 heterocycles. The van der Waals surface area contributed by atoms with Crippen LogP contribution in [0.25, 0.3) is 0 Å². The van der Waals surface area contributed by atoms with Crippen molar-refractivity contribution in [2.75, 3.05) is 31.2 Å². The van der Waals surface area contributed by atoms with E-state index in [4.69, 9.17) is 7.48 Å². The molecule has 0 radical (unpaired) electrons. The number of nitrogens with one attached hydrogen (secondary N) is 1. The zero-order valence-corrected chi connectivity index (χ0v) is 18.5. The van der Waals surface area contributed by atoms with E-state index >= 15 is 0 Å². The Hall–Kier alpha value is -2.16. The Balaban J connectivity index is 1.56. The molecule has 3 amide bonds. The topological polar surface area (TPSA) is 92.8 Å². The quantitative estimate of drug-likeness (QED) is 0.363. The highest BCUT2D eigenvalue weighted by atomic mass is 32.2. The summed E-state index contributed by atoms with van der Waals surface area (Å²) < 4.78 is 60.7. The predicted molar refractivity (Wildman–Crippen MR) is 115 cm³/mol. The molecule has 9 heteroatoms. The molecule has 0 spiro atoms. The smallest absolute Gasteiger partial charge is 0.324 e. The van der Waals surface area contributed by atoms with E-state index in [1.807, 2.05) is 0 Å². The summed E-state index contributed by atoms with van der Waals surface area (Å²) in [5.41, 5.74) is 0.521. The number of carbonyl (C=O) groups is 2. The third-order valence-electron chi connectivity index (χ3n) is 5.53. The van der Waals surface area contributed by atoms with Gasteiger partial charge in [-0.3, -0.25) is 10.1 Å². The lowest BCUT2D eigenvalue weighted by Gasteiger charge is -2.18. The number of ether oxygens (including phenoxy) is 1. The number of benzene rings is 1. The number of carbonyl (C=O) groups excluding carboxylic acids is 2. The van der Waals surface area contributed by atoms with E-state index in [-0.39, 0.29) is 48.0 Å². The maximum absolute atomic E-state index is 14.2. The molecule has 1 N–H and O–H groups in total. The van der Waals surface area contributed by atoms with Gasteiger partial charge in [0.25, 0.3) is 0 Å². The van der Waals surface area contributed by atoms with Crippen molar-refractivity contribution in [1.29, 1.82) is 0 Å². The number of nitrogens with zero attached hydrogens (tertiary/aromatic N) is 1. The van der Waals surface area contributed by atoms with Gasteiger partial charge in [0, 0.05) is 18.5 Å². The SMILES string of the molecule is [2H]C([2H])(CC)Oc1cc(F)cc([C@H](CS(=O)(=O)CCCCCN2CC(=O)NC2=O)C2CC2)c1. The highest BCUT2D eigenvalue weighted by Crippen LogP contribution is 2.44. The van der Waals surface area contributed by atoms with Gasteiger partial charge in [0.2, 0.25) is 5.91 Å². The van der Waals surface area contributed by atoms with E-state index < -0.39 is 28.2 Å². The molecule has 7 nitrogen and oxygen atoms in total. The summed E-state index contributed by atoms with van der Waals surface area (Å²) in [5, 5.41) is 2.20. The highest BCUT2D eigenvalue weighted by molar-refractivity contribution is 7.91. The van der Waals surface area contributed by atoms with Crippen LogP contribution in [0.15, 0.2) is 18.2 Å². The van der Waals surface area contributed by atoms with Crippen LogP contribution in [0.5, 0.6) is 5.75 Å². The molecule has 0 aromatic heterocycles. The van der Waals surface area contributed by atoms with E-state index in [1.165, 1.54) is 11.0 Å². The van der Waals surface area contributed by atoms with Crippen LogP contribution in [0.4, 0.5) is 9.18 Å². The monoisotopic (exact) mass is 456 g/mol. The third kappa shape index (κ3) is 7.19. The standard InChI is InChI=1S/C22H31FN2O5S/c1-2-9-30-19-12-17(11-18(23)13-19)20(16-6-7-16)15-31(28,29)10-5-3-4-8-25-14-21(26)24-22(25)27/h11-13,16,20H,2-10,14-15H2,1H3,(H,24,26,27)/t20-/m1/s1/i9D2. The zero-order valence-electron chi connectivity index (χ0n) is 19.7. The van der Waals surface area contributed by atoms with Crippen LogP contribution in [-0.4, -0.2) is 56.4 Å². The first-order valence-electron chi connectivity index (χ1n) is 11.8. The number of urea groups is 1. The summed E-state index contributed by atoms with van der Waals surface area (Å²) in [4.78, 5) is 24.1. The van der Waals surface area contributed by atoms with Crippen LogP contribution in [0.1, 0.15) is 59.7 Å². The average Bonchev–Trinajstić information content (AvgIpc) is 3.50. The predicted octanol–water partition coefficient (Wildman–Crippen LogP) is 3.25. The van der Waals surface area contributed by atoms with Crippen molar-refractivity contribution in [3.05, 3.63) is 29.6 Å². The molecule has 1 aliphatic carbocycles. The Morgan fingerprint density at radius 2 is 2.03 bits per heavy atom. The van der Waals surface area contributed by atoms with Crippen LogP contribution >= 0.6 is 0 Å². The Labute approximate surface area is 186 Å². The molecule has 3 rings (SSSR count). The van der Waals surface area contributed by atoms with Crippen LogP contribution < -0.4 is 10.1 Å². The fourth-order valence-corrected chi connectivity index (χ4v) is 5.66. The van der Waals surface area contributed by atoms with Crippen LogP contribution in [0.3, 0.4) is 0 Å². The van der Waals surface area contributed by atoms with Crippen LogP contribution in [0, 0.1) is 11.7 Å². The number of amides is 3. The van der Waals surface area contributed by atoms with Crippen molar-refractivity contribution >= 4 is 21.8 Å². The first-order valence-corrected chi connectivity index (χ1v) is 12.6. The summed E-state index contributed by atoms with van der Waals surface area (Å²) in [6.07, 6.45) is 3.50. The largest absolute Gasteiger partial charge is 0.493 e. The van der Waals surface area contributed by atoms with Crippen molar-refractivity contribution in [3.63, 3.8) is 0 Å². The van der Waals surface area contributed by atoms with E-state index in [0.29, 0.717) is 31.4 Å². The van der Waals surface area contributed by atoms with Gasteiger partial charge in [-0.1, -0.05) is 13.3 Å². The molecular weight excluding hydrogens is 423 g/mol. The molecule has 1 aliphatic heterocycles.